The summed E-state index contributed by atoms with van der Waals surface area (Å²) in [7, 11) is 1.78. The molecule has 0 bridgehead atoms. The topological polar surface area (TPSA) is 79.0 Å². The van der Waals surface area contributed by atoms with Crippen molar-refractivity contribution in [3.05, 3.63) is 41.0 Å². The number of nitrogens with zero attached hydrogens (tertiary/aromatic N) is 5. The number of aromatic nitrogens is 2. The van der Waals surface area contributed by atoms with Crippen molar-refractivity contribution in [3.8, 4) is 0 Å². The Labute approximate surface area is 193 Å². The van der Waals surface area contributed by atoms with Crippen molar-refractivity contribution in [2.24, 2.45) is 4.99 Å². The summed E-state index contributed by atoms with van der Waals surface area (Å²) in [5.41, 5.74) is 1.15. The fraction of sp³-hybridized carbons (Fsp3) is 0.526. The highest BCUT2D eigenvalue weighted by molar-refractivity contribution is 14.0. The molecule has 1 fully saturated rings. The van der Waals surface area contributed by atoms with Crippen molar-refractivity contribution in [1.29, 1.82) is 0 Å². The van der Waals surface area contributed by atoms with E-state index in [0.717, 1.165) is 42.8 Å². The maximum atomic E-state index is 6.11. The van der Waals surface area contributed by atoms with Crippen LogP contribution in [0.15, 0.2) is 33.8 Å². The normalized spacial score (nSPS) is 15.8. The number of ether oxygens (including phenoxy) is 1. The van der Waals surface area contributed by atoms with Gasteiger partial charge in [0.25, 0.3) is 0 Å². The summed E-state index contributed by atoms with van der Waals surface area (Å²) >= 11 is 6.11. The Kier molecular flexibility index (Phi) is 9.44. The molecule has 0 aliphatic carbocycles. The van der Waals surface area contributed by atoms with E-state index in [1.54, 1.807) is 7.05 Å². The van der Waals surface area contributed by atoms with Gasteiger partial charge in [-0.3, -0.25) is 4.99 Å². The van der Waals surface area contributed by atoms with Crippen LogP contribution in [-0.4, -0.2) is 60.8 Å². The Morgan fingerprint density at radius 2 is 2.10 bits per heavy atom. The Balaban J connectivity index is 0.00000300. The molecule has 10 heteroatoms. The van der Waals surface area contributed by atoms with Gasteiger partial charge in [-0.2, -0.15) is 4.98 Å². The number of piperazine rings is 1. The standard InChI is InChI=1S/C19H27ClN6O2.HI/c1-4-27-14(2)18-23-17(28-24-18)13-22-19(21-3)26-10-8-25(9-11-26)16-7-5-6-15(20)12-16;/h5-7,12,14H,4,8-11,13H2,1-3H3,(H,21,22);1H. The number of halogens is 2. The zero-order valence-electron chi connectivity index (χ0n) is 17.0. The van der Waals surface area contributed by atoms with Crippen LogP contribution in [0.1, 0.15) is 31.7 Å². The SMILES string of the molecule is CCOC(C)c1noc(CNC(=NC)N2CCN(c3cccc(Cl)c3)CC2)n1.I. The van der Waals surface area contributed by atoms with Crippen molar-refractivity contribution in [1.82, 2.24) is 20.4 Å². The summed E-state index contributed by atoms with van der Waals surface area (Å²) in [5, 5.41) is 8.04. The van der Waals surface area contributed by atoms with E-state index in [4.69, 9.17) is 20.9 Å². The first kappa shape index (κ1) is 23.7. The minimum Gasteiger partial charge on any atom is -0.371 e. The highest BCUT2D eigenvalue weighted by Gasteiger charge is 2.21. The average Bonchev–Trinajstić information content (AvgIpc) is 3.18. The van der Waals surface area contributed by atoms with Gasteiger partial charge in [0, 0.05) is 50.5 Å². The van der Waals surface area contributed by atoms with Crippen LogP contribution < -0.4 is 10.2 Å². The third-order valence-electron chi connectivity index (χ3n) is 4.63. The highest BCUT2D eigenvalue weighted by atomic mass is 127. The number of hydrogen-bond acceptors (Lipinski definition) is 6. The second kappa shape index (κ2) is 11.6. The van der Waals surface area contributed by atoms with Gasteiger partial charge in [-0.15, -0.1) is 24.0 Å². The predicted octanol–water partition coefficient (Wildman–Crippen LogP) is 3.34. The molecule has 29 heavy (non-hydrogen) atoms. The summed E-state index contributed by atoms with van der Waals surface area (Å²) in [6.45, 7) is 8.41. The molecular formula is C19H28ClIN6O2. The molecule has 1 N–H and O–H groups in total. The summed E-state index contributed by atoms with van der Waals surface area (Å²) in [4.78, 5) is 13.3. The van der Waals surface area contributed by atoms with Crippen molar-refractivity contribution < 1.29 is 9.26 Å². The Hall–Kier alpha value is -1.59. The van der Waals surface area contributed by atoms with Crippen LogP contribution in [0, 0.1) is 0 Å². The summed E-state index contributed by atoms with van der Waals surface area (Å²) in [5.74, 6) is 1.90. The number of nitrogens with one attached hydrogen (secondary N) is 1. The summed E-state index contributed by atoms with van der Waals surface area (Å²) in [6.07, 6.45) is -0.179. The van der Waals surface area contributed by atoms with E-state index >= 15 is 0 Å². The molecule has 160 valence electrons. The molecular weight excluding hydrogens is 507 g/mol. The van der Waals surface area contributed by atoms with Gasteiger partial charge in [0.15, 0.2) is 11.8 Å². The van der Waals surface area contributed by atoms with E-state index in [2.05, 4.69) is 36.3 Å². The van der Waals surface area contributed by atoms with Gasteiger partial charge in [0.05, 0.1) is 6.54 Å². The molecule has 8 nitrogen and oxygen atoms in total. The van der Waals surface area contributed by atoms with E-state index in [-0.39, 0.29) is 30.1 Å². The maximum Gasteiger partial charge on any atom is 0.246 e. The molecule has 1 aliphatic heterocycles. The predicted molar refractivity (Wildman–Crippen MR) is 125 cm³/mol. The Morgan fingerprint density at radius 1 is 1.34 bits per heavy atom. The number of rotatable bonds is 6. The molecule has 1 atom stereocenters. The minimum absolute atomic E-state index is 0. The fourth-order valence-electron chi connectivity index (χ4n) is 3.17. The van der Waals surface area contributed by atoms with Crippen molar-refractivity contribution >= 4 is 47.2 Å². The molecule has 2 aromatic rings. The van der Waals surface area contributed by atoms with Gasteiger partial charge in [0.2, 0.25) is 5.89 Å². The molecule has 0 saturated carbocycles. The molecule has 0 radical (unpaired) electrons. The summed E-state index contributed by atoms with van der Waals surface area (Å²) in [6, 6.07) is 7.96. The van der Waals surface area contributed by atoms with Crippen molar-refractivity contribution in [3.63, 3.8) is 0 Å². The summed E-state index contributed by atoms with van der Waals surface area (Å²) < 4.78 is 10.8. The van der Waals surface area contributed by atoms with Crippen molar-refractivity contribution in [2.75, 3.05) is 44.7 Å². The van der Waals surface area contributed by atoms with E-state index in [1.807, 2.05) is 32.0 Å². The first-order valence-corrected chi connectivity index (χ1v) is 9.88. The third-order valence-corrected chi connectivity index (χ3v) is 4.86. The molecule has 1 unspecified atom stereocenters. The van der Waals surface area contributed by atoms with Crippen LogP contribution in [0.25, 0.3) is 0 Å². The lowest BCUT2D eigenvalue weighted by Gasteiger charge is -2.37. The number of benzene rings is 1. The molecule has 0 amide bonds. The molecule has 1 aromatic carbocycles. The van der Waals surface area contributed by atoms with Crippen LogP contribution >= 0.6 is 35.6 Å². The van der Waals surface area contributed by atoms with Crippen LogP contribution in [-0.2, 0) is 11.3 Å². The van der Waals surface area contributed by atoms with Crippen LogP contribution in [0.3, 0.4) is 0 Å². The lowest BCUT2D eigenvalue weighted by molar-refractivity contribution is 0.0683. The highest BCUT2D eigenvalue weighted by Crippen LogP contribution is 2.20. The van der Waals surface area contributed by atoms with E-state index in [1.165, 1.54) is 0 Å². The number of guanidine groups is 1. The van der Waals surface area contributed by atoms with Crippen molar-refractivity contribution in [2.45, 2.75) is 26.5 Å². The van der Waals surface area contributed by atoms with Crippen LogP contribution in [0.2, 0.25) is 5.02 Å². The van der Waals surface area contributed by atoms with Gasteiger partial charge >= 0.3 is 0 Å². The first-order chi connectivity index (χ1) is 13.6. The fourth-order valence-corrected chi connectivity index (χ4v) is 3.35. The Bertz CT molecular complexity index is 795. The zero-order chi connectivity index (χ0) is 19.9. The number of anilines is 1. The molecule has 0 spiro atoms. The molecule has 1 aliphatic rings. The smallest absolute Gasteiger partial charge is 0.246 e. The quantitative estimate of drug-likeness (QED) is 0.346. The van der Waals surface area contributed by atoms with E-state index < -0.39 is 0 Å². The van der Waals surface area contributed by atoms with Gasteiger partial charge in [-0.1, -0.05) is 22.8 Å². The number of hydrogen-bond donors (Lipinski definition) is 1. The molecule has 1 saturated heterocycles. The largest absolute Gasteiger partial charge is 0.371 e. The average molecular weight is 535 g/mol. The van der Waals surface area contributed by atoms with E-state index in [0.29, 0.717) is 24.9 Å². The molecule has 3 rings (SSSR count). The second-order valence-corrected chi connectivity index (χ2v) is 6.94. The molecule has 2 heterocycles. The monoisotopic (exact) mass is 534 g/mol. The maximum absolute atomic E-state index is 6.11. The lowest BCUT2D eigenvalue weighted by Crippen LogP contribution is -2.52. The lowest BCUT2D eigenvalue weighted by atomic mass is 10.2. The van der Waals surface area contributed by atoms with Gasteiger partial charge in [0.1, 0.15) is 6.10 Å². The van der Waals surface area contributed by atoms with Gasteiger partial charge < -0.3 is 24.4 Å². The third kappa shape index (κ3) is 6.45. The minimum atomic E-state index is -0.179. The van der Waals surface area contributed by atoms with E-state index in [9.17, 15) is 0 Å². The van der Waals surface area contributed by atoms with Crippen LogP contribution in [0.5, 0.6) is 0 Å². The zero-order valence-corrected chi connectivity index (χ0v) is 20.1. The number of aliphatic imine (C=N–C) groups is 1. The van der Waals surface area contributed by atoms with Gasteiger partial charge in [-0.05, 0) is 32.0 Å². The second-order valence-electron chi connectivity index (χ2n) is 6.50. The molecule has 1 aromatic heterocycles. The first-order valence-electron chi connectivity index (χ1n) is 9.51. The van der Waals surface area contributed by atoms with Crippen LogP contribution in [0.4, 0.5) is 5.69 Å². The Morgan fingerprint density at radius 3 is 2.76 bits per heavy atom. The van der Waals surface area contributed by atoms with Gasteiger partial charge in [-0.25, -0.2) is 0 Å².